The van der Waals surface area contributed by atoms with Gasteiger partial charge in [-0.05, 0) is 24.6 Å². The molecule has 0 spiro atoms. The maximum atomic E-state index is 13.4. The van der Waals surface area contributed by atoms with Crippen molar-refractivity contribution >= 4 is 0 Å². The number of hydrogen-bond donors (Lipinski definition) is 1. The molecule has 1 unspecified atom stereocenters. The zero-order valence-corrected chi connectivity index (χ0v) is 9.28. The van der Waals surface area contributed by atoms with E-state index >= 15 is 0 Å². The SMILES string of the molecule is CC(O)(Cc1ccc(F)cc1F)c1ccoc1. The van der Waals surface area contributed by atoms with E-state index in [0.717, 1.165) is 6.07 Å². The molecule has 0 saturated carbocycles. The fourth-order valence-electron chi connectivity index (χ4n) is 1.71. The van der Waals surface area contributed by atoms with Gasteiger partial charge in [0.2, 0.25) is 0 Å². The highest BCUT2D eigenvalue weighted by Crippen LogP contribution is 2.26. The quantitative estimate of drug-likeness (QED) is 0.891. The third-order valence-corrected chi connectivity index (χ3v) is 2.69. The van der Waals surface area contributed by atoms with E-state index in [2.05, 4.69) is 0 Å². The van der Waals surface area contributed by atoms with E-state index in [1.54, 1.807) is 13.0 Å². The van der Waals surface area contributed by atoms with Gasteiger partial charge in [-0.2, -0.15) is 0 Å². The molecule has 1 N–H and O–H groups in total. The van der Waals surface area contributed by atoms with E-state index in [4.69, 9.17) is 4.42 Å². The summed E-state index contributed by atoms with van der Waals surface area (Å²) in [4.78, 5) is 0. The van der Waals surface area contributed by atoms with Crippen molar-refractivity contribution in [2.45, 2.75) is 18.9 Å². The minimum Gasteiger partial charge on any atom is -0.472 e. The summed E-state index contributed by atoms with van der Waals surface area (Å²) in [6.45, 7) is 1.56. The molecule has 0 aliphatic carbocycles. The topological polar surface area (TPSA) is 33.4 Å². The van der Waals surface area contributed by atoms with Crippen LogP contribution in [-0.2, 0) is 12.0 Å². The van der Waals surface area contributed by atoms with Gasteiger partial charge < -0.3 is 9.52 Å². The van der Waals surface area contributed by atoms with Crippen molar-refractivity contribution in [1.82, 2.24) is 0 Å². The molecule has 90 valence electrons. The number of hydrogen-bond acceptors (Lipinski definition) is 2. The molecule has 2 aromatic rings. The summed E-state index contributed by atoms with van der Waals surface area (Å²) in [5.74, 6) is -1.29. The number of aliphatic hydroxyl groups is 1. The Bertz CT molecular complexity index is 504. The van der Waals surface area contributed by atoms with Crippen LogP contribution in [0, 0.1) is 11.6 Å². The fraction of sp³-hybridized carbons (Fsp3) is 0.231. The van der Waals surface area contributed by atoms with Crippen LogP contribution in [0.1, 0.15) is 18.1 Å². The Labute approximate surface area is 97.5 Å². The third-order valence-electron chi connectivity index (χ3n) is 2.69. The van der Waals surface area contributed by atoms with Crippen LogP contribution >= 0.6 is 0 Å². The molecule has 17 heavy (non-hydrogen) atoms. The van der Waals surface area contributed by atoms with Gasteiger partial charge in [0.05, 0.1) is 18.1 Å². The van der Waals surface area contributed by atoms with E-state index in [9.17, 15) is 13.9 Å². The van der Waals surface area contributed by atoms with E-state index in [1.807, 2.05) is 0 Å². The zero-order valence-electron chi connectivity index (χ0n) is 9.28. The van der Waals surface area contributed by atoms with Gasteiger partial charge >= 0.3 is 0 Å². The smallest absolute Gasteiger partial charge is 0.129 e. The molecule has 1 atom stereocenters. The monoisotopic (exact) mass is 238 g/mol. The van der Waals surface area contributed by atoms with Gasteiger partial charge in [-0.15, -0.1) is 0 Å². The van der Waals surface area contributed by atoms with Gasteiger partial charge in [0.15, 0.2) is 0 Å². The Balaban J connectivity index is 2.26. The molecule has 1 heterocycles. The Kier molecular flexibility index (Phi) is 2.98. The summed E-state index contributed by atoms with van der Waals surface area (Å²) in [7, 11) is 0. The van der Waals surface area contributed by atoms with Crippen LogP contribution < -0.4 is 0 Å². The molecule has 0 aliphatic rings. The lowest BCUT2D eigenvalue weighted by molar-refractivity contribution is 0.0560. The average molecular weight is 238 g/mol. The zero-order chi connectivity index (χ0) is 12.5. The molecule has 0 saturated heterocycles. The lowest BCUT2D eigenvalue weighted by Gasteiger charge is -2.22. The third kappa shape index (κ3) is 2.53. The highest BCUT2D eigenvalue weighted by molar-refractivity contribution is 5.24. The van der Waals surface area contributed by atoms with Gasteiger partial charge in [-0.25, -0.2) is 8.78 Å². The normalized spacial score (nSPS) is 14.6. The highest BCUT2D eigenvalue weighted by atomic mass is 19.1. The lowest BCUT2D eigenvalue weighted by atomic mass is 9.91. The molecule has 0 radical (unpaired) electrons. The summed E-state index contributed by atoms with van der Waals surface area (Å²) in [5, 5.41) is 10.2. The van der Waals surface area contributed by atoms with Crippen LogP contribution in [0.5, 0.6) is 0 Å². The molecule has 1 aromatic carbocycles. The molecule has 0 fully saturated rings. The second kappa shape index (κ2) is 4.30. The van der Waals surface area contributed by atoms with Crippen molar-refractivity contribution in [1.29, 1.82) is 0 Å². The van der Waals surface area contributed by atoms with Crippen molar-refractivity contribution in [3.05, 3.63) is 59.6 Å². The molecule has 0 aliphatic heterocycles. The van der Waals surface area contributed by atoms with E-state index in [0.29, 0.717) is 5.56 Å². The van der Waals surface area contributed by atoms with Crippen LogP contribution in [0.25, 0.3) is 0 Å². The summed E-state index contributed by atoms with van der Waals surface area (Å²) in [6.07, 6.45) is 2.89. The van der Waals surface area contributed by atoms with Crippen LogP contribution in [0.4, 0.5) is 8.78 Å². The van der Waals surface area contributed by atoms with Gasteiger partial charge in [0, 0.05) is 18.1 Å². The van der Waals surface area contributed by atoms with Crippen molar-refractivity contribution in [3.63, 3.8) is 0 Å². The molecule has 0 amide bonds. The van der Waals surface area contributed by atoms with E-state index in [1.165, 1.54) is 24.7 Å². The number of benzene rings is 1. The fourth-order valence-corrected chi connectivity index (χ4v) is 1.71. The Morgan fingerprint density at radius 3 is 2.65 bits per heavy atom. The van der Waals surface area contributed by atoms with Crippen LogP contribution in [-0.4, -0.2) is 5.11 Å². The minimum absolute atomic E-state index is 0.0542. The summed E-state index contributed by atoms with van der Waals surface area (Å²) < 4.78 is 31.1. The Hall–Kier alpha value is -1.68. The first-order valence-corrected chi connectivity index (χ1v) is 5.18. The van der Waals surface area contributed by atoms with Crippen molar-refractivity contribution < 1.29 is 18.3 Å². The highest BCUT2D eigenvalue weighted by Gasteiger charge is 2.26. The Morgan fingerprint density at radius 1 is 1.29 bits per heavy atom. The molecule has 0 bridgehead atoms. The Morgan fingerprint density at radius 2 is 2.06 bits per heavy atom. The summed E-state index contributed by atoms with van der Waals surface area (Å²) in [5.41, 5.74) is -0.426. The molecule has 1 aromatic heterocycles. The standard InChI is InChI=1S/C13H12F2O2/c1-13(16,10-4-5-17-8-10)7-9-2-3-11(14)6-12(9)15/h2-6,8,16H,7H2,1H3. The van der Waals surface area contributed by atoms with Gasteiger partial charge in [0.1, 0.15) is 11.6 Å². The predicted octanol–water partition coefficient (Wildman–Crippen LogP) is 3.01. The van der Waals surface area contributed by atoms with E-state index in [-0.39, 0.29) is 12.0 Å². The predicted molar refractivity (Wildman–Crippen MR) is 58.3 cm³/mol. The molecule has 4 heteroatoms. The number of halogens is 2. The lowest BCUT2D eigenvalue weighted by Crippen LogP contribution is -2.24. The van der Waals surface area contributed by atoms with Crippen LogP contribution in [0.15, 0.2) is 41.2 Å². The maximum absolute atomic E-state index is 13.4. The van der Waals surface area contributed by atoms with Gasteiger partial charge in [-0.1, -0.05) is 6.07 Å². The average Bonchev–Trinajstić information content (AvgIpc) is 2.76. The van der Waals surface area contributed by atoms with Gasteiger partial charge in [-0.3, -0.25) is 0 Å². The summed E-state index contributed by atoms with van der Waals surface area (Å²) in [6, 6.07) is 4.92. The van der Waals surface area contributed by atoms with Gasteiger partial charge in [0.25, 0.3) is 0 Å². The van der Waals surface area contributed by atoms with E-state index < -0.39 is 17.2 Å². The maximum Gasteiger partial charge on any atom is 0.129 e. The van der Waals surface area contributed by atoms with Crippen LogP contribution in [0.2, 0.25) is 0 Å². The molecule has 2 nitrogen and oxygen atoms in total. The number of furan rings is 1. The van der Waals surface area contributed by atoms with Crippen LogP contribution in [0.3, 0.4) is 0 Å². The molecular weight excluding hydrogens is 226 g/mol. The van der Waals surface area contributed by atoms with Crippen molar-refractivity contribution in [3.8, 4) is 0 Å². The van der Waals surface area contributed by atoms with Crippen molar-refractivity contribution in [2.75, 3.05) is 0 Å². The minimum atomic E-state index is -1.24. The first kappa shape index (κ1) is 11.8. The van der Waals surface area contributed by atoms with Crippen molar-refractivity contribution in [2.24, 2.45) is 0 Å². The first-order valence-electron chi connectivity index (χ1n) is 5.18. The second-order valence-electron chi connectivity index (χ2n) is 4.20. The second-order valence-corrected chi connectivity index (χ2v) is 4.20. The summed E-state index contributed by atoms with van der Waals surface area (Å²) >= 11 is 0. The first-order chi connectivity index (χ1) is 7.99. The number of rotatable bonds is 3. The molecular formula is C13H12F2O2. The molecule has 2 rings (SSSR count). The largest absolute Gasteiger partial charge is 0.472 e.